The van der Waals surface area contributed by atoms with Crippen LogP contribution in [0.2, 0.25) is 0 Å². The number of carbonyl (C=O) groups is 1. The standard InChI is InChI=1S/C20H29N3O/c1-5-20(6-2,7-3)21-19(24)16-22-12-14-23(15-13-22)18-11-9-8-10-17(18)4/h1,8-11H,6-7,12-16H2,2-4H3,(H,21,24). The Kier molecular flexibility index (Phi) is 6.28. The number of rotatable bonds is 6. The molecule has 1 amide bonds. The number of carbonyl (C=O) groups excluding carboxylic acids is 1. The van der Waals surface area contributed by atoms with Gasteiger partial charge in [0.1, 0.15) is 5.54 Å². The number of piperazine rings is 1. The maximum Gasteiger partial charge on any atom is 0.235 e. The summed E-state index contributed by atoms with van der Waals surface area (Å²) in [7, 11) is 0. The lowest BCUT2D eigenvalue weighted by molar-refractivity contribution is -0.123. The van der Waals surface area contributed by atoms with E-state index in [1.54, 1.807) is 0 Å². The first-order chi connectivity index (χ1) is 11.5. The molecule has 0 unspecified atom stereocenters. The van der Waals surface area contributed by atoms with Crippen LogP contribution in [0.4, 0.5) is 5.69 Å². The molecule has 0 radical (unpaired) electrons. The van der Waals surface area contributed by atoms with Crippen LogP contribution in [0.25, 0.3) is 0 Å². The van der Waals surface area contributed by atoms with E-state index in [2.05, 4.69) is 52.2 Å². The molecule has 130 valence electrons. The Hall–Kier alpha value is -1.99. The fourth-order valence-corrected chi connectivity index (χ4v) is 3.24. The number of amides is 1. The van der Waals surface area contributed by atoms with Crippen molar-refractivity contribution in [2.75, 3.05) is 37.6 Å². The summed E-state index contributed by atoms with van der Waals surface area (Å²) in [5, 5.41) is 3.05. The number of terminal acetylenes is 1. The number of para-hydroxylation sites is 1. The van der Waals surface area contributed by atoms with E-state index in [4.69, 9.17) is 6.42 Å². The molecule has 1 heterocycles. The Labute approximate surface area is 146 Å². The topological polar surface area (TPSA) is 35.6 Å². The Morgan fingerprint density at radius 2 is 1.83 bits per heavy atom. The molecule has 0 atom stereocenters. The molecule has 1 saturated heterocycles. The van der Waals surface area contributed by atoms with Crippen LogP contribution in [0.5, 0.6) is 0 Å². The van der Waals surface area contributed by atoms with Crippen LogP contribution in [0, 0.1) is 19.3 Å². The highest BCUT2D eigenvalue weighted by Crippen LogP contribution is 2.20. The van der Waals surface area contributed by atoms with E-state index in [-0.39, 0.29) is 5.91 Å². The summed E-state index contributed by atoms with van der Waals surface area (Å²) in [5.41, 5.74) is 2.10. The van der Waals surface area contributed by atoms with Crippen LogP contribution < -0.4 is 10.2 Å². The van der Waals surface area contributed by atoms with Crippen LogP contribution in [-0.2, 0) is 4.79 Å². The number of nitrogens with one attached hydrogen (secondary N) is 1. The lowest BCUT2D eigenvalue weighted by Gasteiger charge is -2.37. The zero-order valence-corrected chi connectivity index (χ0v) is 15.1. The number of anilines is 1. The first-order valence-electron chi connectivity index (χ1n) is 8.85. The average molecular weight is 327 g/mol. The predicted molar refractivity (Wildman–Crippen MR) is 100 cm³/mol. The summed E-state index contributed by atoms with van der Waals surface area (Å²) < 4.78 is 0. The maximum absolute atomic E-state index is 12.3. The molecule has 0 aliphatic carbocycles. The molecule has 0 bridgehead atoms. The van der Waals surface area contributed by atoms with E-state index in [1.165, 1.54) is 11.3 Å². The van der Waals surface area contributed by atoms with Crippen molar-refractivity contribution >= 4 is 11.6 Å². The highest BCUT2D eigenvalue weighted by Gasteiger charge is 2.27. The van der Waals surface area contributed by atoms with Crippen molar-refractivity contribution < 1.29 is 4.79 Å². The zero-order valence-electron chi connectivity index (χ0n) is 15.1. The smallest absolute Gasteiger partial charge is 0.235 e. The first-order valence-corrected chi connectivity index (χ1v) is 8.85. The van der Waals surface area contributed by atoms with Crippen molar-refractivity contribution in [2.45, 2.75) is 39.2 Å². The van der Waals surface area contributed by atoms with E-state index in [1.807, 2.05) is 13.8 Å². The Bertz CT molecular complexity index is 593. The van der Waals surface area contributed by atoms with E-state index < -0.39 is 5.54 Å². The number of benzene rings is 1. The molecular weight excluding hydrogens is 298 g/mol. The van der Waals surface area contributed by atoms with Crippen LogP contribution >= 0.6 is 0 Å². The fraction of sp³-hybridized carbons (Fsp3) is 0.550. The average Bonchev–Trinajstić information content (AvgIpc) is 2.61. The summed E-state index contributed by atoms with van der Waals surface area (Å²) in [6.07, 6.45) is 7.14. The van der Waals surface area contributed by atoms with Gasteiger partial charge in [-0.25, -0.2) is 0 Å². The summed E-state index contributed by atoms with van der Waals surface area (Å²) in [6, 6.07) is 8.46. The van der Waals surface area contributed by atoms with Crippen molar-refractivity contribution in [1.82, 2.24) is 10.2 Å². The van der Waals surface area contributed by atoms with Crippen molar-refractivity contribution in [3.05, 3.63) is 29.8 Å². The lowest BCUT2D eigenvalue weighted by atomic mass is 9.94. The minimum Gasteiger partial charge on any atom is -0.369 e. The van der Waals surface area contributed by atoms with E-state index in [9.17, 15) is 4.79 Å². The molecular formula is C20H29N3O. The minimum atomic E-state index is -0.500. The molecule has 1 fully saturated rings. The molecule has 2 rings (SSSR count). The monoisotopic (exact) mass is 327 g/mol. The van der Waals surface area contributed by atoms with Gasteiger partial charge in [0.25, 0.3) is 0 Å². The third-order valence-electron chi connectivity index (χ3n) is 5.06. The maximum atomic E-state index is 12.3. The van der Waals surface area contributed by atoms with E-state index >= 15 is 0 Å². The SMILES string of the molecule is C#CC(CC)(CC)NC(=O)CN1CCN(c2ccccc2C)CC1. The van der Waals surface area contributed by atoms with Gasteiger partial charge in [-0.3, -0.25) is 9.69 Å². The molecule has 24 heavy (non-hydrogen) atoms. The first kappa shape index (κ1) is 18.4. The van der Waals surface area contributed by atoms with Crippen molar-refractivity contribution in [1.29, 1.82) is 0 Å². The summed E-state index contributed by atoms with van der Waals surface area (Å²) >= 11 is 0. The van der Waals surface area contributed by atoms with Gasteiger partial charge in [-0.05, 0) is 31.4 Å². The molecule has 1 aliphatic rings. The third-order valence-corrected chi connectivity index (χ3v) is 5.06. The fourth-order valence-electron chi connectivity index (χ4n) is 3.24. The second kappa shape index (κ2) is 8.21. The van der Waals surface area contributed by atoms with Crippen molar-refractivity contribution in [3.63, 3.8) is 0 Å². The predicted octanol–water partition coefficient (Wildman–Crippen LogP) is 2.43. The largest absolute Gasteiger partial charge is 0.369 e. The summed E-state index contributed by atoms with van der Waals surface area (Å²) in [4.78, 5) is 16.9. The minimum absolute atomic E-state index is 0.0287. The normalized spacial score (nSPS) is 15.8. The van der Waals surface area contributed by atoms with Gasteiger partial charge in [-0.2, -0.15) is 0 Å². The quantitative estimate of drug-likeness (QED) is 0.815. The van der Waals surface area contributed by atoms with E-state index in [0.29, 0.717) is 6.54 Å². The van der Waals surface area contributed by atoms with Gasteiger partial charge in [0.15, 0.2) is 0 Å². The zero-order chi connectivity index (χ0) is 17.6. The molecule has 1 aromatic carbocycles. The van der Waals surface area contributed by atoms with Crippen LogP contribution in [0.15, 0.2) is 24.3 Å². The Morgan fingerprint density at radius 3 is 2.38 bits per heavy atom. The number of hydrogen-bond donors (Lipinski definition) is 1. The van der Waals surface area contributed by atoms with Crippen LogP contribution in [-0.4, -0.2) is 49.1 Å². The molecule has 1 aliphatic heterocycles. The summed E-state index contributed by atoms with van der Waals surface area (Å²) in [5.74, 6) is 2.79. The van der Waals surface area contributed by atoms with E-state index in [0.717, 1.165) is 39.0 Å². The second-order valence-electron chi connectivity index (χ2n) is 6.53. The number of aryl methyl sites for hydroxylation is 1. The van der Waals surface area contributed by atoms with Gasteiger partial charge in [-0.1, -0.05) is 38.0 Å². The van der Waals surface area contributed by atoms with Crippen LogP contribution in [0.3, 0.4) is 0 Å². The molecule has 0 saturated carbocycles. The Balaban J connectivity index is 1.86. The highest BCUT2D eigenvalue weighted by atomic mass is 16.2. The summed E-state index contributed by atoms with van der Waals surface area (Å²) in [6.45, 7) is 10.3. The molecule has 4 heteroatoms. The number of hydrogen-bond acceptors (Lipinski definition) is 3. The molecule has 4 nitrogen and oxygen atoms in total. The molecule has 0 aromatic heterocycles. The number of nitrogens with zero attached hydrogens (tertiary/aromatic N) is 2. The lowest BCUT2D eigenvalue weighted by Crippen LogP contribution is -2.53. The third kappa shape index (κ3) is 4.30. The highest BCUT2D eigenvalue weighted by molar-refractivity contribution is 5.79. The van der Waals surface area contributed by atoms with Gasteiger partial charge in [0.05, 0.1) is 6.54 Å². The molecule has 0 spiro atoms. The van der Waals surface area contributed by atoms with Crippen LogP contribution in [0.1, 0.15) is 32.3 Å². The van der Waals surface area contributed by atoms with Gasteiger partial charge < -0.3 is 10.2 Å². The second-order valence-corrected chi connectivity index (χ2v) is 6.53. The molecule has 1 aromatic rings. The van der Waals surface area contributed by atoms with Crippen molar-refractivity contribution in [3.8, 4) is 12.3 Å². The van der Waals surface area contributed by atoms with Crippen molar-refractivity contribution in [2.24, 2.45) is 0 Å². The van der Waals surface area contributed by atoms with Gasteiger partial charge in [0, 0.05) is 31.9 Å². The van der Waals surface area contributed by atoms with Gasteiger partial charge >= 0.3 is 0 Å². The Morgan fingerprint density at radius 1 is 1.21 bits per heavy atom. The van der Waals surface area contributed by atoms with Gasteiger partial charge in [-0.15, -0.1) is 6.42 Å². The molecule has 1 N–H and O–H groups in total. The van der Waals surface area contributed by atoms with Gasteiger partial charge in [0.2, 0.25) is 5.91 Å².